The number of benzene rings is 1. The molecule has 0 aliphatic carbocycles. The number of hydrogen-bond acceptors (Lipinski definition) is 2. The van der Waals surface area contributed by atoms with Crippen LogP contribution in [0.25, 0.3) is 0 Å². The van der Waals surface area contributed by atoms with E-state index in [1.807, 2.05) is 0 Å². The maximum atomic E-state index is 13.3. The second-order valence-electron chi connectivity index (χ2n) is 3.86. The van der Waals surface area contributed by atoms with Crippen molar-refractivity contribution in [2.24, 2.45) is 0 Å². The zero-order chi connectivity index (χ0) is 11.7. The van der Waals surface area contributed by atoms with Gasteiger partial charge >= 0.3 is 0 Å². The Kier molecular flexibility index (Phi) is 3.12. The molecule has 2 atom stereocenters. The Morgan fingerprint density at radius 1 is 1.50 bits per heavy atom. The van der Waals surface area contributed by atoms with E-state index in [1.54, 1.807) is 13.0 Å². The third kappa shape index (κ3) is 2.18. The van der Waals surface area contributed by atoms with Crippen molar-refractivity contribution in [1.29, 1.82) is 0 Å². The minimum atomic E-state index is -0.439. The molecule has 1 aromatic rings. The molecule has 0 saturated carbocycles. The average Bonchev–Trinajstić information content (AvgIpc) is 2.26. The van der Waals surface area contributed by atoms with Crippen LogP contribution in [0.1, 0.15) is 18.5 Å². The highest BCUT2D eigenvalue weighted by Gasteiger charge is 2.25. The lowest BCUT2D eigenvalue weighted by atomic mass is 10.0. The van der Waals surface area contributed by atoms with Crippen molar-refractivity contribution < 1.29 is 9.18 Å². The summed E-state index contributed by atoms with van der Waals surface area (Å²) in [7, 11) is 0. The number of amides is 1. The molecular formula is C11H12ClFN2O. The van der Waals surface area contributed by atoms with Crippen LogP contribution in [-0.2, 0) is 4.79 Å². The van der Waals surface area contributed by atoms with Crippen LogP contribution in [0.2, 0.25) is 5.02 Å². The number of rotatable bonds is 1. The summed E-state index contributed by atoms with van der Waals surface area (Å²) in [5, 5.41) is 5.97. The zero-order valence-corrected chi connectivity index (χ0v) is 9.51. The Morgan fingerprint density at radius 2 is 2.25 bits per heavy atom. The summed E-state index contributed by atoms with van der Waals surface area (Å²) in [6.07, 6.45) is 0. The highest BCUT2D eigenvalue weighted by molar-refractivity contribution is 6.30. The predicted molar refractivity (Wildman–Crippen MR) is 59.8 cm³/mol. The van der Waals surface area contributed by atoms with Crippen LogP contribution in [0.3, 0.4) is 0 Å². The van der Waals surface area contributed by atoms with Gasteiger partial charge in [0, 0.05) is 6.54 Å². The molecule has 86 valence electrons. The fourth-order valence-corrected chi connectivity index (χ4v) is 1.85. The highest BCUT2D eigenvalue weighted by atomic mass is 35.5. The van der Waals surface area contributed by atoms with Gasteiger partial charge in [-0.25, -0.2) is 4.39 Å². The van der Waals surface area contributed by atoms with Crippen LogP contribution in [0.15, 0.2) is 18.2 Å². The lowest BCUT2D eigenvalue weighted by Gasteiger charge is -2.29. The largest absolute Gasteiger partial charge is 0.353 e. The average molecular weight is 243 g/mol. The van der Waals surface area contributed by atoms with Crippen molar-refractivity contribution in [3.63, 3.8) is 0 Å². The Hall–Kier alpha value is -1.13. The Bertz CT molecular complexity index is 424. The molecule has 5 heteroatoms. The molecule has 1 amide bonds. The van der Waals surface area contributed by atoms with Gasteiger partial charge in [-0.1, -0.05) is 17.7 Å². The number of carbonyl (C=O) groups excluding carboxylic acids is 1. The van der Waals surface area contributed by atoms with Gasteiger partial charge in [-0.05, 0) is 24.6 Å². The minimum Gasteiger partial charge on any atom is -0.353 e. The Labute approximate surface area is 98.0 Å². The van der Waals surface area contributed by atoms with E-state index in [0.29, 0.717) is 6.54 Å². The number of nitrogens with one attached hydrogen (secondary N) is 2. The molecule has 0 spiro atoms. The van der Waals surface area contributed by atoms with Gasteiger partial charge < -0.3 is 5.32 Å². The first kappa shape index (κ1) is 11.4. The van der Waals surface area contributed by atoms with Crippen molar-refractivity contribution in [2.75, 3.05) is 6.54 Å². The van der Waals surface area contributed by atoms with Crippen LogP contribution < -0.4 is 10.6 Å². The first-order valence-electron chi connectivity index (χ1n) is 5.06. The third-order valence-electron chi connectivity index (χ3n) is 2.67. The molecular weight excluding hydrogens is 231 g/mol. The summed E-state index contributed by atoms with van der Waals surface area (Å²) in [4.78, 5) is 11.2. The van der Waals surface area contributed by atoms with E-state index in [0.717, 1.165) is 5.56 Å². The molecule has 2 rings (SSSR count). The van der Waals surface area contributed by atoms with Gasteiger partial charge in [0.2, 0.25) is 5.91 Å². The molecule has 1 aromatic carbocycles. The molecule has 3 nitrogen and oxygen atoms in total. The molecule has 1 aliphatic rings. The molecule has 16 heavy (non-hydrogen) atoms. The molecule has 0 radical (unpaired) electrons. The number of piperazine rings is 1. The quantitative estimate of drug-likeness (QED) is 0.786. The molecule has 0 bridgehead atoms. The number of carbonyl (C=O) groups is 1. The van der Waals surface area contributed by atoms with Crippen molar-refractivity contribution in [2.45, 2.75) is 19.0 Å². The third-order valence-corrected chi connectivity index (χ3v) is 2.98. The van der Waals surface area contributed by atoms with Gasteiger partial charge in [-0.15, -0.1) is 0 Å². The lowest BCUT2D eigenvalue weighted by Crippen LogP contribution is -2.52. The van der Waals surface area contributed by atoms with Crippen LogP contribution in [0, 0.1) is 5.82 Å². The standard InChI is InChI=1S/C11H12ClFN2O/c1-6-11(16)14-5-10(15-6)7-2-3-8(12)9(13)4-7/h2-4,6,10,15H,5H2,1H3,(H,14,16). The Morgan fingerprint density at radius 3 is 2.88 bits per heavy atom. The Balaban J connectivity index is 2.18. The first-order valence-corrected chi connectivity index (χ1v) is 5.44. The van der Waals surface area contributed by atoms with E-state index < -0.39 is 5.82 Å². The fourth-order valence-electron chi connectivity index (χ4n) is 1.74. The topological polar surface area (TPSA) is 41.1 Å². The molecule has 0 aromatic heterocycles. The summed E-state index contributed by atoms with van der Waals surface area (Å²) in [5.74, 6) is -0.476. The molecule has 2 N–H and O–H groups in total. The molecule has 1 aliphatic heterocycles. The van der Waals surface area contributed by atoms with Gasteiger partial charge in [-0.3, -0.25) is 10.1 Å². The maximum absolute atomic E-state index is 13.3. The van der Waals surface area contributed by atoms with E-state index in [1.165, 1.54) is 12.1 Å². The van der Waals surface area contributed by atoms with Crippen molar-refractivity contribution in [3.8, 4) is 0 Å². The summed E-state index contributed by atoms with van der Waals surface area (Å²) in [5.41, 5.74) is 0.786. The smallest absolute Gasteiger partial charge is 0.236 e. The monoisotopic (exact) mass is 242 g/mol. The second kappa shape index (κ2) is 4.39. The molecule has 1 saturated heterocycles. The summed E-state index contributed by atoms with van der Waals surface area (Å²) in [6.45, 7) is 2.23. The molecule has 2 unspecified atom stereocenters. The van der Waals surface area contributed by atoms with Crippen molar-refractivity contribution in [1.82, 2.24) is 10.6 Å². The highest BCUT2D eigenvalue weighted by Crippen LogP contribution is 2.21. The SMILES string of the molecule is CC1NC(c2ccc(Cl)c(F)c2)CNC1=O. The zero-order valence-electron chi connectivity index (χ0n) is 8.76. The summed E-state index contributed by atoms with van der Waals surface area (Å²) < 4.78 is 13.3. The molecule has 1 fully saturated rings. The summed E-state index contributed by atoms with van der Waals surface area (Å²) >= 11 is 5.61. The van der Waals surface area contributed by atoms with Gasteiger partial charge in [0.1, 0.15) is 5.82 Å². The van der Waals surface area contributed by atoms with Gasteiger partial charge in [0.25, 0.3) is 0 Å². The lowest BCUT2D eigenvalue weighted by molar-refractivity contribution is -0.124. The van der Waals surface area contributed by atoms with E-state index in [-0.39, 0.29) is 23.0 Å². The van der Waals surface area contributed by atoms with E-state index >= 15 is 0 Å². The minimum absolute atomic E-state index is 0.0364. The van der Waals surface area contributed by atoms with Gasteiger partial charge in [0.15, 0.2) is 0 Å². The predicted octanol–water partition coefficient (Wildman–Crippen LogP) is 1.63. The van der Waals surface area contributed by atoms with Crippen LogP contribution >= 0.6 is 11.6 Å². The van der Waals surface area contributed by atoms with Crippen molar-refractivity contribution >= 4 is 17.5 Å². The summed E-state index contributed by atoms with van der Waals surface area (Å²) in [6, 6.07) is 4.34. The second-order valence-corrected chi connectivity index (χ2v) is 4.27. The van der Waals surface area contributed by atoms with Crippen LogP contribution in [-0.4, -0.2) is 18.5 Å². The van der Waals surface area contributed by atoms with Gasteiger partial charge in [-0.2, -0.15) is 0 Å². The molecule has 1 heterocycles. The number of halogens is 2. The van der Waals surface area contributed by atoms with Crippen LogP contribution in [0.4, 0.5) is 4.39 Å². The van der Waals surface area contributed by atoms with Crippen molar-refractivity contribution in [3.05, 3.63) is 34.6 Å². The normalized spacial score (nSPS) is 25.3. The van der Waals surface area contributed by atoms with E-state index in [2.05, 4.69) is 10.6 Å². The first-order chi connectivity index (χ1) is 7.58. The number of hydrogen-bond donors (Lipinski definition) is 2. The van der Waals surface area contributed by atoms with Crippen LogP contribution in [0.5, 0.6) is 0 Å². The van der Waals surface area contributed by atoms with Gasteiger partial charge in [0.05, 0.1) is 17.1 Å². The maximum Gasteiger partial charge on any atom is 0.236 e. The van der Waals surface area contributed by atoms with E-state index in [9.17, 15) is 9.18 Å². The fraction of sp³-hybridized carbons (Fsp3) is 0.364. The van der Waals surface area contributed by atoms with E-state index in [4.69, 9.17) is 11.6 Å².